The van der Waals surface area contributed by atoms with Gasteiger partial charge in [0.15, 0.2) is 5.76 Å². The van der Waals surface area contributed by atoms with Gasteiger partial charge < -0.3 is 14.8 Å². The molecule has 1 saturated heterocycles. The number of fused-ring (bicyclic) bond motifs is 1. The molecule has 2 unspecified atom stereocenters. The Labute approximate surface area is 124 Å². The molecule has 3 rings (SSSR count). The van der Waals surface area contributed by atoms with Gasteiger partial charge in [-0.15, -0.1) is 0 Å². The molecule has 1 aromatic heterocycles. The number of ketones is 1. The number of halogens is 3. The zero-order valence-corrected chi connectivity index (χ0v) is 11.6. The first-order valence-electron chi connectivity index (χ1n) is 6.87. The zero-order chi connectivity index (χ0) is 16.3. The minimum Gasteiger partial charge on any atom is -0.475 e. The van der Waals surface area contributed by atoms with E-state index in [1.165, 1.54) is 0 Å². The molecular weight excluding hydrogens is 303 g/mol. The summed E-state index contributed by atoms with van der Waals surface area (Å²) in [6.07, 6.45) is -1.43. The highest BCUT2D eigenvalue weighted by Gasteiger charge is 2.41. The first-order valence-corrected chi connectivity index (χ1v) is 6.87. The molecule has 2 N–H and O–H groups in total. The van der Waals surface area contributed by atoms with Gasteiger partial charge in [-0.1, -0.05) is 0 Å². The van der Waals surface area contributed by atoms with Gasteiger partial charge >= 0.3 is 12.1 Å². The molecule has 2 aliphatic rings. The number of carbonyl (C=O) groups is 2. The van der Waals surface area contributed by atoms with Crippen LogP contribution in [0.4, 0.5) is 13.2 Å². The number of hydrogen-bond donors (Lipinski definition) is 2. The lowest BCUT2D eigenvalue weighted by molar-refractivity contribution is -0.192. The number of carbonyl (C=O) groups excluding carboxylic acids is 1. The summed E-state index contributed by atoms with van der Waals surface area (Å²) in [5.41, 5.74) is 0. The summed E-state index contributed by atoms with van der Waals surface area (Å²) < 4.78 is 36.9. The number of furan rings is 1. The van der Waals surface area contributed by atoms with Crippen LogP contribution in [0.5, 0.6) is 0 Å². The van der Waals surface area contributed by atoms with E-state index in [1.807, 2.05) is 0 Å². The van der Waals surface area contributed by atoms with Crippen molar-refractivity contribution in [3.05, 3.63) is 24.2 Å². The molecule has 22 heavy (non-hydrogen) atoms. The Morgan fingerprint density at radius 2 is 1.77 bits per heavy atom. The monoisotopic (exact) mass is 319 g/mol. The van der Waals surface area contributed by atoms with Crippen molar-refractivity contribution in [2.75, 3.05) is 13.1 Å². The summed E-state index contributed by atoms with van der Waals surface area (Å²) in [4.78, 5) is 20.9. The van der Waals surface area contributed by atoms with Gasteiger partial charge in [0.05, 0.1) is 6.26 Å². The second kappa shape index (κ2) is 6.51. The first kappa shape index (κ1) is 16.5. The summed E-state index contributed by atoms with van der Waals surface area (Å²) in [6, 6.07) is 3.55. The van der Waals surface area contributed by atoms with Gasteiger partial charge in [-0.3, -0.25) is 4.79 Å². The van der Waals surface area contributed by atoms with Gasteiger partial charge in [0.1, 0.15) is 0 Å². The Balaban J connectivity index is 0.000000217. The summed E-state index contributed by atoms with van der Waals surface area (Å²) in [5, 5.41) is 10.5. The number of Topliss-reactive ketones (excluding diaryl/α,β-unsaturated/α-hetero) is 1. The summed E-state index contributed by atoms with van der Waals surface area (Å²) in [6.45, 7) is 2.18. The molecule has 5 nitrogen and oxygen atoms in total. The van der Waals surface area contributed by atoms with Crippen molar-refractivity contribution in [2.45, 2.75) is 19.0 Å². The minimum absolute atomic E-state index is 0.202. The Bertz CT molecular complexity index is 515. The number of hydrogen-bond acceptors (Lipinski definition) is 4. The third kappa shape index (κ3) is 3.88. The molecule has 2 atom stereocenters. The molecule has 2 heterocycles. The zero-order valence-electron chi connectivity index (χ0n) is 11.6. The molecule has 0 spiro atoms. The van der Waals surface area contributed by atoms with Crippen LogP contribution in [0.25, 0.3) is 0 Å². The molecular formula is C14H16F3NO4. The highest BCUT2D eigenvalue weighted by Crippen LogP contribution is 2.39. The molecule has 0 amide bonds. The van der Waals surface area contributed by atoms with Crippen LogP contribution < -0.4 is 5.32 Å². The SMILES string of the molecule is O=C(O)C(F)(F)F.O=C(c1ccco1)C1CC2CNCC2C1. The van der Waals surface area contributed by atoms with Crippen LogP contribution in [0, 0.1) is 17.8 Å². The highest BCUT2D eigenvalue weighted by atomic mass is 19.4. The Morgan fingerprint density at radius 1 is 1.23 bits per heavy atom. The van der Waals surface area contributed by atoms with E-state index >= 15 is 0 Å². The van der Waals surface area contributed by atoms with Crippen molar-refractivity contribution in [2.24, 2.45) is 17.8 Å². The fraction of sp³-hybridized carbons (Fsp3) is 0.571. The number of carboxylic acids is 1. The van der Waals surface area contributed by atoms with Crippen LogP contribution in [0.2, 0.25) is 0 Å². The Morgan fingerprint density at radius 3 is 2.18 bits per heavy atom. The number of aliphatic carboxylic acids is 1. The maximum absolute atomic E-state index is 12.0. The van der Waals surface area contributed by atoms with Crippen LogP contribution in [0.1, 0.15) is 23.4 Å². The third-order valence-corrected chi connectivity index (χ3v) is 4.03. The number of carboxylic acid groups (broad SMARTS) is 1. The van der Waals surface area contributed by atoms with Crippen molar-refractivity contribution >= 4 is 11.8 Å². The fourth-order valence-electron chi connectivity index (χ4n) is 3.00. The molecule has 1 aliphatic heterocycles. The molecule has 8 heteroatoms. The van der Waals surface area contributed by atoms with Crippen molar-refractivity contribution in [1.29, 1.82) is 0 Å². The molecule has 0 bridgehead atoms. The molecule has 1 saturated carbocycles. The van der Waals surface area contributed by atoms with Gasteiger partial charge in [0.25, 0.3) is 0 Å². The highest BCUT2D eigenvalue weighted by molar-refractivity contribution is 5.95. The van der Waals surface area contributed by atoms with Crippen molar-refractivity contribution < 1.29 is 32.3 Å². The third-order valence-electron chi connectivity index (χ3n) is 4.03. The van der Waals surface area contributed by atoms with Gasteiger partial charge in [-0.2, -0.15) is 13.2 Å². The largest absolute Gasteiger partial charge is 0.490 e. The lowest BCUT2D eigenvalue weighted by atomic mass is 9.99. The van der Waals surface area contributed by atoms with E-state index in [0.717, 1.165) is 25.9 Å². The van der Waals surface area contributed by atoms with Gasteiger partial charge in [0, 0.05) is 5.92 Å². The summed E-state index contributed by atoms with van der Waals surface area (Å²) in [7, 11) is 0. The van der Waals surface area contributed by atoms with Crippen LogP contribution in [0.3, 0.4) is 0 Å². The normalized spacial score (nSPS) is 27.0. The molecule has 1 aliphatic carbocycles. The number of alkyl halides is 3. The molecule has 122 valence electrons. The predicted octanol–water partition coefficient (Wildman–Crippen LogP) is 2.34. The standard InChI is InChI=1S/C12H15NO2.C2HF3O2/c14-12(11-2-1-3-15-11)8-4-9-6-13-7-10(9)5-8;3-2(4,5)1(6)7/h1-3,8-10,13H,4-7H2;(H,6,7). The van der Waals surface area contributed by atoms with E-state index in [0.29, 0.717) is 17.6 Å². The smallest absolute Gasteiger partial charge is 0.475 e. The average Bonchev–Trinajstić information content (AvgIpc) is 3.14. The lowest BCUT2D eigenvalue weighted by Gasteiger charge is -2.07. The fourth-order valence-corrected chi connectivity index (χ4v) is 3.00. The van der Waals surface area contributed by atoms with Gasteiger partial charge in [-0.25, -0.2) is 4.79 Å². The average molecular weight is 319 g/mol. The number of nitrogens with one attached hydrogen (secondary N) is 1. The van der Waals surface area contributed by atoms with Crippen LogP contribution >= 0.6 is 0 Å². The first-order chi connectivity index (χ1) is 10.3. The number of rotatable bonds is 2. The van der Waals surface area contributed by atoms with Crippen molar-refractivity contribution in [3.63, 3.8) is 0 Å². The molecule has 2 fully saturated rings. The van der Waals surface area contributed by atoms with E-state index < -0.39 is 12.1 Å². The summed E-state index contributed by atoms with van der Waals surface area (Å²) >= 11 is 0. The second-order valence-electron chi connectivity index (χ2n) is 5.49. The van der Waals surface area contributed by atoms with Gasteiger partial charge in [0.2, 0.25) is 5.78 Å². The van der Waals surface area contributed by atoms with E-state index in [4.69, 9.17) is 14.3 Å². The van der Waals surface area contributed by atoms with Crippen LogP contribution in [0.15, 0.2) is 22.8 Å². The van der Waals surface area contributed by atoms with E-state index in [-0.39, 0.29) is 11.7 Å². The maximum atomic E-state index is 12.0. The van der Waals surface area contributed by atoms with Crippen molar-refractivity contribution in [3.8, 4) is 0 Å². The quantitative estimate of drug-likeness (QED) is 0.818. The molecule has 0 radical (unpaired) electrons. The maximum Gasteiger partial charge on any atom is 0.490 e. The van der Waals surface area contributed by atoms with Crippen molar-refractivity contribution in [1.82, 2.24) is 5.32 Å². The van der Waals surface area contributed by atoms with E-state index in [1.54, 1.807) is 18.4 Å². The van der Waals surface area contributed by atoms with Gasteiger partial charge in [-0.05, 0) is 49.9 Å². The van der Waals surface area contributed by atoms with E-state index in [9.17, 15) is 18.0 Å². The minimum atomic E-state index is -5.08. The lowest BCUT2D eigenvalue weighted by Crippen LogP contribution is -2.21. The summed E-state index contributed by atoms with van der Waals surface area (Å²) in [5.74, 6) is -0.383. The predicted molar refractivity (Wildman–Crippen MR) is 69.3 cm³/mol. The Kier molecular flexibility index (Phi) is 4.90. The second-order valence-corrected chi connectivity index (χ2v) is 5.49. The molecule has 0 aromatic carbocycles. The molecule has 1 aromatic rings. The van der Waals surface area contributed by atoms with E-state index in [2.05, 4.69) is 5.32 Å². The Hall–Kier alpha value is -1.83. The topological polar surface area (TPSA) is 79.5 Å². The van der Waals surface area contributed by atoms with Crippen LogP contribution in [-0.2, 0) is 4.79 Å². The van der Waals surface area contributed by atoms with Crippen LogP contribution in [-0.4, -0.2) is 36.1 Å².